The average Bonchev–Trinajstić information content (AvgIpc) is 2.96. The van der Waals surface area contributed by atoms with Crippen LogP contribution in [-0.2, 0) is 6.54 Å². The number of nitro benzene ring substituents is 1. The Bertz CT molecular complexity index is 726. The van der Waals surface area contributed by atoms with Gasteiger partial charge in [0.05, 0.1) is 4.92 Å². The molecule has 24 heavy (non-hydrogen) atoms. The Morgan fingerprint density at radius 2 is 1.83 bits per heavy atom. The maximum Gasteiger partial charge on any atom is 0.269 e. The van der Waals surface area contributed by atoms with Gasteiger partial charge in [-0.05, 0) is 11.1 Å². The summed E-state index contributed by atoms with van der Waals surface area (Å²) in [5, 5.41) is 14.3. The minimum atomic E-state index is -0.333. The Morgan fingerprint density at radius 1 is 1.12 bits per heavy atom. The van der Waals surface area contributed by atoms with Crippen LogP contribution in [0.25, 0.3) is 0 Å². The van der Waals surface area contributed by atoms with Crippen molar-refractivity contribution in [1.29, 1.82) is 0 Å². The van der Waals surface area contributed by atoms with E-state index in [4.69, 9.17) is 0 Å². The molecule has 2 aromatic rings. The summed E-state index contributed by atoms with van der Waals surface area (Å²) in [6.07, 6.45) is 0. The molecule has 1 unspecified atom stereocenters. The van der Waals surface area contributed by atoms with Crippen molar-refractivity contribution >= 4 is 5.69 Å². The molecule has 2 aliphatic rings. The second-order valence-corrected chi connectivity index (χ2v) is 7.02. The zero-order valence-corrected chi connectivity index (χ0v) is 13.5. The van der Waals surface area contributed by atoms with Crippen LogP contribution in [0.15, 0.2) is 54.6 Å². The first-order chi connectivity index (χ1) is 11.7. The molecular formula is C19H21N3O2. The third kappa shape index (κ3) is 2.70. The normalized spacial score (nSPS) is 22.4. The molecule has 0 amide bonds. The van der Waals surface area contributed by atoms with Crippen molar-refractivity contribution in [2.45, 2.75) is 12.5 Å². The van der Waals surface area contributed by atoms with Gasteiger partial charge in [-0.2, -0.15) is 0 Å². The lowest BCUT2D eigenvalue weighted by molar-refractivity contribution is -0.384. The molecule has 2 aliphatic heterocycles. The smallest absolute Gasteiger partial charge is 0.269 e. The van der Waals surface area contributed by atoms with Gasteiger partial charge in [0, 0.05) is 56.2 Å². The maximum atomic E-state index is 10.9. The van der Waals surface area contributed by atoms with Gasteiger partial charge < -0.3 is 5.32 Å². The maximum absolute atomic E-state index is 10.9. The van der Waals surface area contributed by atoms with E-state index in [1.165, 1.54) is 11.1 Å². The van der Waals surface area contributed by atoms with Crippen LogP contribution < -0.4 is 5.32 Å². The number of benzene rings is 2. The number of nitrogens with one attached hydrogen (secondary N) is 1. The largest absolute Gasteiger partial charge is 0.315 e. The molecule has 0 bridgehead atoms. The van der Waals surface area contributed by atoms with Gasteiger partial charge in [-0.15, -0.1) is 0 Å². The Balaban J connectivity index is 1.54. The van der Waals surface area contributed by atoms with Crippen LogP contribution in [0.3, 0.4) is 0 Å². The van der Waals surface area contributed by atoms with Gasteiger partial charge in [0.2, 0.25) is 0 Å². The summed E-state index contributed by atoms with van der Waals surface area (Å²) >= 11 is 0. The predicted molar refractivity (Wildman–Crippen MR) is 92.9 cm³/mol. The molecule has 2 saturated heterocycles. The van der Waals surface area contributed by atoms with Crippen LogP contribution in [0, 0.1) is 15.5 Å². The van der Waals surface area contributed by atoms with Gasteiger partial charge in [-0.3, -0.25) is 15.0 Å². The molecule has 5 heteroatoms. The van der Waals surface area contributed by atoms with E-state index in [0.29, 0.717) is 5.92 Å². The molecule has 0 aliphatic carbocycles. The van der Waals surface area contributed by atoms with Crippen molar-refractivity contribution in [3.63, 3.8) is 0 Å². The lowest BCUT2D eigenvalue weighted by Crippen LogP contribution is -2.57. The fraction of sp³-hybridized carbons (Fsp3) is 0.368. The quantitative estimate of drug-likeness (QED) is 0.694. The summed E-state index contributed by atoms with van der Waals surface area (Å²) in [5.41, 5.74) is 2.99. The molecule has 2 heterocycles. The van der Waals surface area contributed by atoms with Gasteiger partial charge in [0.25, 0.3) is 5.69 Å². The number of nitrogens with zero attached hydrogens (tertiary/aromatic N) is 2. The van der Waals surface area contributed by atoms with Crippen molar-refractivity contribution in [3.05, 3.63) is 75.8 Å². The van der Waals surface area contributed by atoms with Gasteiger partial charge in [-0.25, -0.2) is 0 Å². The van der Waals surface area contributed by atoms with Crippen LogP contribution in [0.4, 0.5) is 5.69 Å². The van der Waals surface area contributed by atoms with Crippen LogP contribution in [0.1, 0.15) is 17.0 Å². The van der Waals surface area contributed by atoms with E-state index in [1.807, 2.05) is 18.2 Å². The highest BCUT2D eigenvalue weighted by Crippen LogP contribution is 2.46. The highest BCUT2D eigenvalue weighted by Gasteiger charge is 2.50. The SMILES string of the molecule is O=[N+]([O-])c1ccc(C2CN(Cc3ccccc3)CC23CNC3)cc1. The van der Waals surface area contributed by atoms with Crippen molar-refractivity contribution in [1.82, 2.24) is 10.2 Å². The highest BCUT2D eigenvalue weighted by molar-refractivity contribution is 5.37. The highest BCUT2D eigenvalue weighted by atomic mass is 16.6. The first kappa shape index (κ1) is 15.3. The number of non-ortho nitro benzene ring substituents is 1. The van der Waals surface area contributed by atoms with Crippen LogP contribution >= 0.6 is 0 Å². The summed E-state index contributed by atoms with van der Waals surface area (Å²) in [6.45, 7) is 5.11. The molecule has 1 spiro atoms. The third-order valence-corrected chi connectivity index (χ3v) is 5.43. The monoisotopic (exact) mass is 323 g/mol. The molecule has 2 fully saturated rings. The Labute approximate surface area is 141 Å². The first-order valence-corrected chi connectivity index (χ1v) is 8.38. The topological polar surface area (TPSA) is 58.4 Å². The molecule has 0 saturated carbocycles. The van der Waals surface area contributed by atoms with E-state index < -0.39 is 0 Å². The molecule has 1 N–H and O–H groups in total. The molecule has 2 aromatic carbocycles. The number of rotatable bonds is 4. The van der Waals surface area contributed by atoms with Crippen LogP contribution in [-0.4, -0.2) is 36.0 Å². The summed E-state index contributed by atoms with van der Waals surface area (Å²) in [6, 6.07) is 17.7. The van der Waals surface area contributed by atoms with Crippen molar-refractivity contribution in [2.75, 3.05) is 26.2 Å². The molecular weight excluding hydrogens is 302 g/mol. The van der Waals surface area contributed by atoms with Gasteiger partial charge >= 0.3 is 0 Å². The number of hydrogen-bond donors (Lipinski definition) is 1. The fourth-order valence-electron chi connectivity index (χ4n) is 4.13. The number of likely N-dealkylation sites (tertiary alicyclic amines) is 1. The molecule has 0 aromatic heterocycles. The molecule has 4 rings (SSSR count). The fourth-order valence-corrected chi connectivity index (χ4v) is 4.13. The lowest BCUT2D eigenvalue weighted by atomic mass is 9.70. The van der Waals surface area contributed by atoms with Gasteiger partial charge in [0.1, 0.15) is 0 Å². The van der Waals surface area contributed by atoms with E-state index >= 15 is 0 Å². The van der Waals surface area contributed by atoms with E-state index in [0.717, 1.165) is 32.7 Å². The van der Waals surface area contributed by atoms with Crippen molar-refractivity contribution < 1.29 is 4.92 Å². The zero-order chi connectivity index (χ0) is 16.6. The second kappa shape index (κ2) is 6.00. The second-order valence-electron chi connectivity index (χ2n) is 7.02. The predicted octanol–water partition coefficient (Wildman–Crippen LogP) is 2.78. The average molecular weight is 323 g/mol. The van der Waals surface area contributed by atoms with Gasteiger partial charge in [-0.1, -0.05) is 42.5 Å². The van der Waals surface area contributed by atoms with Crippen LogP contribution in [0.2, 0.25) is 0 Å². The Hall–Kier alpha value is -2.24. The van der Waals surface area contributed by atoms with E-state index in [9.17, 15) is 10.1 Å². The summed E-state index contributed by atoms with van der Waals surface area (Å²) in [7, 11) is 0. The van der Waals surface area contributed by atoms with Crippen molar-refractivity contribution in [2.24, 2.45) is 5.41 Å². The van der Waals surface area contributed by atoms with E-state index in [-0.39, 0.29) is 16.0 Å². The summed E-state index contributed by atoms with van der Waals surface area (Å²) in [4.78, 5) is 13.1. The van der Waals surface area contributed by atoms with Crippen LogP contribution in [0.5, 0.6) is 0 Å². The lowest BCUT2D eigenvalue weighted by Gasteiger charge is -2.44. The van der Waals surface area contributed by atoms with E-state index in [2.05, 4.69) is 34.5 Å². The number of hydrogen-bond acceptors (Lipinski definition) is 4. The third-order valence-electron chi connectivity index (χ3n) is 5.43. The molecule has 0 radical (unpaired) electrons. The molecule has 124 valence electrons. The number of nitro groups is 1. The van der Waals surface area contributed by atoms with Crippen molar-refractivity contribution in [3.8, 4) is 0 Å². The minimum Gasteiger partial charge on any atom is -0.315 e. The molecule has 5 nitrogen and oxygen atoms in total. The molecule has 1 atom stereocenters. The first-order valence-electron chi connectivity index (χ1n) is 8.38. The summed E-state index contributed by atoms with van der Waals surface area (Å²) < 4.78 is 0. The van der Waals surface area contributed by atoms with Gasteiger partial charge in [0.15, 0.2) is 0 Å². The standard InChI is InChI=1S/C19H21N3O2/c23-22(24)17-8-6-16(7-9-17)18-11-21(14-19(18)12-20-13-19)10-15-4-2-1-3-5-15/h1-9,18,20H,10-14H2. The Morgan fingerprint density at radius 3 is 2.42 bits per heavy atom. The van der Waals surface area contributed by atoms with E-state index in [1.54, 1.807) is 12.1 Å². The summed E-state index contributed by atoms with van der Waals surface area (Å²) in [5.74, 6) is 0.434. The Kier molecular flexibility index (Phi) is 3.82. The zero-order valence-electron chi connectivity index (χ0n) is 13.5. The minimum absolute atomic E-state index is 0.165.